The zero-order valence-corrected chi connectivity index (χ0v) is 14.4. The van der Waals surface area contributed by atoms with Crippen LogP contribution in [-0.4, -0.2) is 37.0 Å². The molecular formula is C21H25N3O. The van der Waals surface area contributed by atoms with Gasteiger partial charge < -0.3 is 15.5 Å². The molecule has 2 N–H and O–H groups in total. The second-order valence-electron chi connectivity index (χ2n) is 7.08. The van der Waals surface area contributed by atoms with Crippen molar-refractivity contribution >= 4 is 17.3 Å². The lowest BCUT2D eigenvalue weighted by Crippen LogP contribution is -2.33. The summed E-state index contributed by atoms with van der Waals surface area (Å²) in [6.45, 7) is 3.94. The molecule has 2 aromatic rings. The largest absolute Gasteiger partial charge is 0.355 e. The number of benzene rings is 2. The summed E-state index contributed by atoms with van der Waals surface area (Å²) in [5, 5.41) is 6.88. The molecule has 2 aliphatic heterocycles. The summed E-state index contributed by atoms with van der Waals surface area (Å²) in [5.41, 5.74) is 2.64. The fraction of sp³-hybridized carbons (Fsp3) is 0.381. The first-order chi connectivity index (χ1) is 12.3. The maximum atomic E-state index is 13.2. The minimum Gasteiger partial charge on any atom is -0.355 e. The van der Waals surface area contributed by atoms with Crippen LogP contribution in [-0.2, 0) is 0 Å². The summed E-state index contributed by atoms with van der Waals surface area (Å²) < 4.78 is 0. The summed E-state index contributed by atoms with van der Waals surface area (Å²) >= 11 is 0. The van der Waals surface area contributed by atoms with Crippen molar-refractivity contribution in [3.8, 4) is 0 Å². The van der Waals surface area contributed by atoms with E-state index in [1.54, 1.807) is 0 Å². The van der Waals surface area contributed by atoms with Crippen LogP contribution in [0.3, 0.4) is 0 Å². The van der Waals surface area contributed by atoms with Gasteiger partial charge in [0.2, 0.25) is 0 Å². The standard InChI is InChI=1S/C21H25N3O/c25-21(24-12-10-16-14-22-15-17(16)11-13-24)19-8-4-5-9-20(19)23-18-6-2-1-3-7-18/h1-9,16-17,22-23H,10-15H2/t16-,17+. The van der Waals surface area contributed by atoms with Gasteiger partial charge in [0.15, 0.2) is 0 Å². The number of hydrogen-bond donors (Lipinski definition) is 2. The topological polar surface area (TPSA) is 44.4 Å². The van der Waals surface area contributed by atoms with Crippen LogP contribution in [0.25, 0.3) is 0 Å². The minimum atomic E-state index is 0.145. The highest BCUT2D eigenvalue weighted by molar-refractivity contribution is 6.00. The molecule has 0 radical (unpaired) electrons. The molecule has 2 atom stereocenters. The van der Waals surface area contributed by atoms with Crippen LogP contribution in [0.2, 0.25) is 0 Å². The van der Waals surface area contributed by atoms with Crippen LogP contribution in [0.5, 0.6) is 0 Å². The van der Waals surface area contributed by atoms with E-state index in [0.29, 0.717) is 0 Å². The van der Waals surface area contributed by atoms with E-state index in [1.165, 1.54) is 0 Å². The number of amides is 1. The molecule has 0 saturated carbocycles. The zero-order valence-electron chi connectivity index (χ0n) is 14.4. The molecule has 2 saturated heterocycles. The lowest BCUT2D eigenvalue weighted by Gasteiger charge is -2.22. The number of hydrogen-bond acceptors (Lipinski definition) is 3. The highest BCUT2D eigenvalue weighted by atomic mass is 16.2. The molecule has 0 unspecified atom stereocenters. The summed E-state index contributed by atoms with van der Waals surface area (Å²) in [6, 6.07) is 17.8. The monoisotopic (exact) mass is 335 g/mol. The second kappa shape index (κ2) is 7.28. The molecule has 0 spiro atoms. The van der Waals surface area contributed by atoms with Gasteiger partial charge in [-0.2, -0.15) is 0 Å². The molecule has 25 heavy (non-hydrogen) atoms. The Morgan fingerprint density at radius 1 is 0.920 bits per heavy atom. The normalized spacial score (nSPS) is 23.0. The molecular weight excluding hydrogens is 310 g/mol. The third kappa shape index (κ3) is 3.54. The minimum absolute atomic E-state index is 0.145. The van der Waals surface area contributed by atoms with Crippen LogP contribution >= 0.6 is 0 Å². The molecule has 1 amide bonds. The number of fused-ring (bicyclic) bond motifs is 1. The van der Waals surface area contributed by atoms with Crippen LogP contribution in [0.15, 0.2) is 54.6 Å². The maximum Gasteiger partial charge on any atom is 0.255 e. The van der Waals surface area contributed by atoms with E-state index in [0.717, 1.165) is 67.8 Å². The third-order valence-electron chi connectivity index (χ3n) is 5.52. The van der Waals surface area contributed by atoms with Crippen molar-refractivity contribution in [2.75, 3.05) is 31.5 Å². The number of likely N-dealkylation sites (tertiary alicyclic amines) is 1. The Hall–Kier alpha value is -2.33. The Morgan fingerprint density at radius 2 is 1.56 bits per heavy atom. The van der Waals surface area contributed by atoms with Crippen molar-refractivity contribution in [2.45, 2.75) is 12.8 Å². The van der Waals surface area contributed by atoms with Crippen molar-refractivity contribution in [3.63, 3.8) is 0 Å². The fourth-order valence-electron chi connectivity index (χ4n) is 4.05. The molecule has 2 aromatic carbocycles. The van der Waals surface area contributed by atoms with E-state index in [9.17, 15) is 4.79 Å². The van der Waals surface area contributed by atoms with Gasteiger partial charge in [0.05, 0.1) is 11.3 Å². The summed E-state index contributed by atoms with van der Waals surface area (Å²) in [4.78, 5) is 15.2. The number of anilines is 2. The van der Waals surface area contributed by atoms with Crippen molar-refractivity contribution in [2.24, 2.45) is 11.8 Å². The molecule has 0 aliphatic carbocycles. The number of para-hydroxylation sites is 2. The summed E-state index contributed by atoms with van der Waals surface area (Å²) in [6.07, 6.45) is 2.22. The summed E-state index contributed by atoms with van der Waals surface area (Å²) in [5.74, 6) is 1.61. The van der Waals surface area contributed by atoms with Gasteiger partial charge in [-0.05, 0) is 62.0 Å². The second-order valence-corrected chi connectivity index (χ2v) is 7.08. The van der Waals surface area contributed by atoms with E-state index in [4.69, 9.17) is 0 Å². The van der Waals surface area contributed by atoms with Crippen LogP contribution in [0, 0.1) is 11.8 Å². The first-order valence-corrected chi connectivity index (χ1v) is 9.22. The van der Waals surface area contributed by atoms with Gasteiger partial charge in [-0.25, -0.2) is 0 Å². The van der Waals surface area contributed by atoms with Gasteiger partial charge in [-0.3, -0.25) is 4.79 Å². The number of carbonyl (C=O) groups excluding carboxylic acids is 1. The molecule has 2 fully saturated rings. The first-order valence-electron chi connectivity index (χ1n) is 9.22. The molecule has 130 valence electrons. The molecule has 0 bridgehead atoms. The Labute approximate surface area is 149 Å². The van der Waals surface area contributed by atoms with E-state index in [-0.39, 0.29) is 5.91 Å². The van der Waals surface area contributed by atoms with E-state index < -0.39 is 0 Å². The van der Waals surface area contributed by atoms with E-state index in [1.807, 2.05) is 59.5 Å². The van der Waals surface area contributed by atoms with Crippen LogP contribution in [0.4, 0.5) is 11.4 Å². The Balaban J connectivity index is 1.52. The van der Waals surface area contributed by atoms with E-state index >= 15 is 0 Å². The lowest BCUT2D eigenvalue weighted by atomic mass is 9.92. The molecule has 4 rings (SSSR count). The van der Waals surface area contributed by atoms with Gasteiger partial charge in [-0.1, -0.05) is 30.3 Å². The number of nitrogens with zero attached hydrogens (tertiary/aromatic N) is 1. The van der Waals surface area contributed by atoms with Crippen molar-refractivity contribution in [3.05, 3.63) is 60.2 Å². The Kier molecular flexibility index (Phi) is 4.70. The van der Waals surface area contributed by atoms with Crippen molar-refractivity contribution in [1.29, 1.82) is 0 Å². The van der Waals surface area contributed by atoms with Gasteiger partial charge in [0.25, 0.3) is 5.91 Å². The predicted octanol–water partition coefficient (Wildman–Crippen LogP) is 3.50. The quantitative estimate of drug-likeness (QED) is 0.902. The average Bonchev–Trinajstić information content (AvgIpc) is 3.01. The highest BCUT2D eigenvalue weighted by Gasteiger charge is 2.32. The average molecular weight is 335 g/mol. The van der Waals surface area contributed by atoms with E-state index in [2.05, 4.69) is 10.6 Å². The smallest absolute Gasteiger partial charge is 0.255 e. The molecule has 0 aromatic heterocycles. The molecule has 4 heteroatoms. The summed E-state index contributed by atoms with van der Waals surface area (Å²) in [7, 11) is 0. The number of carbonyl (C=O) groups is 1. The van der Waals surface area contributed by atoms with Crippen molar-refractivity contribution < 1.29 is 4.79 Å². The zero-order chi connectivity index (χ0) is 17.1. The maximum absolute atomic E-state index is 13.2. The third-order valence-corrected chi connectivity index (χ3v) is 5.52. The molecule has 2 aliphatic rings. The van der Waals surface area contributed by atoms with Gasteiger partial charge in [0.1, 0.15) is 0 Å². The van der Waals surface area contributed by atoms with Gasteiger partial charge >= 0.3 is 0 Å². The van der Waals surface area contributed by atoms with Gasteiger partial charge in [0, 0.05) is 18.8 Å². The van der Waals surface area contributed by atoms with Gasteiger partial charge in [-0.15, -0.1) is 0 Å². The lowest BCUT2D eigenvalue weighted by molar-refractivity contribution is 0.0759. The highest BCUT2D eigenvalue weighted by Crippen LogP contribution is 2.29. The Bertz CT molecular complexity index is 717. The molecule has 4 nitrogen and oxygen atoms in total. The Morgan fingerprint density at radius 3 is 2.28 bits per heavy atom. The number of nitrogens with one attached hydrogen (secondary N) is 2. The first kappa shape index (κ1) is 16.2. The van der Waals surface area contributed by atoms with Crippen LogP contribution in [0.1, 0.15) is 23.2 Å². The SMILES string of the molecule is O=C(c1ccccc1Nc1ccccc1)N1CC[C@@H]2CNC[C@@H]2CC1. The molecule has 2 heterocycles. The predicted molar refractivity (Wildman–Crippen MR) is 101 cm³/mol. The fourth-order valence-corrected chi connectivity index (χ4v) is 4.05. The van der Waals surface area contributed by atoms with Crippen molar-refractivity contribution in [1.82, 2.24) is 10.2 Å². The van der Waals surface area contributed by atoms with Crippen LogP contribution < -0.4 is 10.6 Å². The number of rotatable bonds is 3.